The van der Waals surface area contributed by atoms with Crippen LogP contribution in [-0.2, 0) is 0 Å². The van der Waals surface area contributed by atoms with E-state index < -0.39 is 0 Å². The highest BCUT2D eigenvalue weighted by atomic mass is 16.3. The average Bonchev–Trinajstić information content (AvgIpc) is 2.62. The van der Waals surface area contributed by atoms with Crippen molar-refractivity contribution in [3.8, 4) is 0 Å². The normalized spacial score (nSPS) is 26.3. The molecule has 2 atom stereocenters. The van der Waals surface area contributed by atoms with E-state index in [1.165, 1.54) is 12.0 Å². The molecule has 5 nitrogen and oxygen atoms in total. The molecule has 2 aliphatic heterocycles. The lowest BCUT2D eigenvalue weighted by Crippen LogP contribution is -2.54. The zero-order valence-electron chi connectivity index (χ0n) is 14.2. The summed E-state index contributed by atoms with van der Waals surface area (Å²) in [5, 5.41) is 13.3. The molecule has 0 aromatic carbocycles. The maximum absolute atomic E-state index is 9.75. The summed E-state index contributed by atoms with van der Waals surface area (Å²) in [5.41, 5.74) is 1.32. The van der Waals surface area contributed by atoms with E-state index in [9.17, 15) is 5.11 Å². The molecule has 1 aromatic heterocycles. The van der Waals surface area contributed by atoms with Crippen molar-refractivity contribution in [3.05, 3.63) is 30.1 Å². The second-order valence-electron chi connectivity index (χ2n) is 6.84. The van der Waals surface area contributed by atoms with Gasteiger partial charge in [0.1, 0.15) is 0 Å². The first-order valence-corrected chi connectivity index (χ1v) is 9.04. The molecule has 2 aliphatic rings. The molecular weight excluding hydrogens is 288 g/mol. The second kappa shape index (κ2) is 8.20. The standard InChI is InChI=1S/C18H30N4O/c1-2-16-13-20-8-11-22(16)18(15-4-3-7-19-12-15)14-21-9-5-17(23)6-10-21/h3-4,7,12,16-18,20,23H,2,5-6,8-11,13-14H2,1H3. The monoisotopic (exact) mass is 318 g/mol. The van der Waals surface area contributed by atoms with Crippen molar-refractivity contribution in [1.29, 1.82) is 0 Å². The summed E-state index contributed by atoms with van der Waals surface area (Å²) in [4.78, 5) is 9.53. The Morgan fingerprint density at radius 2 is 2.17 bits per heavy atom. The molecule has 2 saturated heterocycles. The maximum Gasteiger partial charge on any atom is 0.0564 e. The Labute approximate surface area is 139 Å². The fourth-order valence-corrected chi connectivity index (χ4v) is 3.89. The third-order valence-electron chi connectivity index (χ3n) is 5.32. The fraction of sp³-hybridized carbons (Fsp3) is 0.722. The molecule has 2 fully saturated rings. The molecule has 0 radical (unpaired) electrons. The Balaban J connectivity index is 1.76. The Kier molecular flexibility index (Phi) is 6.00. The summed E-state index contributed by atoms with van der Waals surface area (Å²) >= 11 is 0. The van der Waals surface area contributed by atoms with E-state index in [0.717, 1.165) is 52.1 Å². The number of nitrogens with one attached hydrogen (secondary N) is 1. The third kappa shape index (κ3) is 4.29. The highest BCUT2D eigenvalue weighted by Gasteiger charge is 2.31. The van der Waals surface area contributed by atoms with Crippen molar-refractivity contribution in [1.82, 2.24) is 20.1 Å². The molecule has 23 heavy (non-hydrogen) atoms. The van der Waals surface area contributed by atoms with Gasteiger partial charge in [0.15, 0.2) is 0 Å². The third-order valence-corrected chi connectivity index (χ3v) is 5.32. The van der Waals surface area contributed by atoms with Crippen LogP contribution in [-0.4, -0.2) is 71.3 Å². The molecule has 0 bridgehead atoms. The van der Waals surface area contributed by atoms with Crippen molar-refractivity contribution in [2.75, 3.05) is 39.3 Å². The van der Waals surface area contributed by atoms with Crippen molar-refractivity contribution in [2.45, 2.75) is 44.4 Å². The number of hydrogen-bond donors (Lipinski definition) is 2. The zero-order valence-corrected chi connectivity index (χ0v) is 14.2. The van der Waals surface area contributed by atoms with E-state index in [1.54, 1.807) is 0 Å². The van der Waals surface area contributed by atoms with Gasteiger partial charge in [-0.1, -0.05) is 13.0 Å². The van der Waals surface area contributed by atoms with Crippen LogP contribution in [0.25, 0.3) is 0 Å². The Morgan fingerprint density at radius 1 is 1.35 bits per heavy atom. The molecule has 3 heterocycles. The van der Waals surface area contributed by atoms with Gasteiger partial charge >= 0.3 is 0 Å². The fourth-order valence-electron chi connectivity index (χ4n) is 3.89. The summed E-state index contributed by atoms with van der Waals surface area (Å²) < 4.78 is 0. The summed E-state index contributed by atoms with van der Waals surface area (Å²) in [6, 6.07) is 5.24. The summed E-state index contributed by atoms with van der Waals surface area (Å²) in [6.07, 6.45) is 6.75. The topological polar surface area (TPSA) is 51.6 Å². The lowest BCUT2D eigenvalue weighted by atomic mass is 10.00. The second-order valence-corrected chi connectivity index (χ2v) is 6.84. The van der Waals surface area contributed by atoms with E-state index in [-0.39, 0.29) is 6.10 Å². The average molecular weight is 318 g/mol. The van der Waals surface area contributed by atoms with Crippen molar-refractivity contribution in [3.63, 3.8) is 0 Å². The number of piperazine rings is 1. The predicted molar refractivity (Wildman–Crippen MR) is 92.3 cm³/mol. The van der Waals surface area contributed by atoms with Gasteiger partial charge in [0.25, 0.3) is 0 Å². The molecular formula is C18H30N4O. The van der Waals surface area contributed by atoms with Crippen LogP contribution in [0.15, 0.2) is 24.5 Å². The molecule has 0 saturated carbocycles. The van der Waals surface area contributed by atoms with Gasteiger partial charge in [0.05, 0.1) is 6.10 Å². The summed E-state index contributed by atoms with van der Waals surface area (Å²) in [6.45, 7) is 8.55. The number of rotatable bonds is 5. The molecule has 1 aromatic rings. The van der Waals surface area contributed by atoms with Crippen LogP contribution in [0.2, 0.25) is 0 Å². The Bertz CT molecular complexity index is 461. The van der Waals surface area contributed by atoms with Gasteiger partial charge in [-0.25, -0.2) is 0 Å². The Hall–Kier alpha value is -1.01. The van der Waals surface area contributed by atoms with E-state index in [4.69, 9.17) is 0 Å². The van der Waals surface area contributed by atoms with Crippen LogP contribution in [0, 0.1) is 0 Å². The van der Waals surface area contributed by atoms with Gasteiger partial charge in [0, 0.05) is 63.7 Å². The lowest BCUT2D eigenvalue weighted by Gasteiger charge is -2.44. The molecule has 0 spiro atoms. The van der Waals surface area contributed by atoms with Gasteiger partial charge in [-0.2, -0.15) is 0 Å². The SMILES string of the molecule is CCC1CNCCN1C(CN1CCC(O)CC1)c1cccnc1. The van der Waals surface area contributed by atoms with Crippen LogP contribution in [0.4, 0.5) is 0 Å². The summed E-state index contributed by atoms with van der Waals surface area (Å²) in [7, 11) is 0. The van der Waals surface area contributed by atoms with Gasteiger partial charge in [-0.05, 0) is 30.9 Å². The predicted octanol–water partition coefficient (Wildman–Crippen LogP) is 1.26. The molecule has 128 valence electrons. The number of hydrogen-bond acceptors (Lipinski definition) is 5. The van der Waals surface area contributed by atoms with E-state index in [2.05, 4.69) is 33.1 Å². The van der Waals surface area contributed by atoms with Crippen molar-refractivity contribution < 1.29 is 5.11 Å². The van der Waals surface area contributed by atoms with Crippen molar-refractivity contribution >= 4 is 0 Å². The van der Waals surface area contributed by atoms with Crippen LogP contribution in [0.3, 0.4) is 0 Å². The van der Waals surface area contributed by atoms with Crippen LogP contribution in [0.5, 0.6) is 0 Å². The van der Waals surface area contributed by atoms with E-state index >= 15 is 0 Å². The minimum atomic E-state index is -0.106. The smallest absolute Gasteiger partial charge is 0.0564 e. The van der Waals surface area contributed by atoms with Crippen LogP contribution < -0.4 is 5.32 Å². The van der Waals surface area contributed by atoms with Gasteiger partial charge < -0.3 is 15.3 Å². The number of pyridine rings is 1. The van der Waals surface area contributed by atoms with Gasteiger partial charge in [0.2, 0.25) is 0 Å². The Morgan fingerprint density at radius 3 is 2.87 bits per heavy atom. The molecule has 0 aliphatic carbocycles. The lowest BCUT2D eigenvalue weighted by molar-refractivity contribution is 0.0416. The quantitative estimate of drug-likeness (QED) is 0.856. The minimum absolute atomic E-state index is 0.106. The first-order valence-electron chi connectivity index (χ1n) is 9.04. The van der Waals surface area contributed by atoms with Crippen molar-refractivity contribution in [2.24, 2.45) is 0 Å². The maximum atomic E-state index is 9.75. The molecule has 2 N–H and O–H groups in total. The highest BCUT2D eigenvalue weighted by molar-refractivity contribution is 5.15. The van der Waals surface area contributed by atoms with E-state index in [1.807, 2.05) is 18.5 Å². The number of aliphatic hydroxyl groups is 1. The first-order chi connectivity index (χ1) is 11.3. The number of piperidine rings is 1. The minimum Gasteiger partial charge on any atom is -0.393 e. The van der Waals surface area contributed by atoms with Gasteiger partial charge in [-0.15, -0.1) is 0 Å². The van der Waals surface area contributed by atoms with Gasteiger partial charge in [-0.3, -0.25) is 9.88 Å². The molecule has 5 heteroatoms. The first kappa shape index (κ1) is 16.8. The van der Waals surface area contributed by atoms with E-state index in [0.29, 0.717) is 12.1 Å². The highest BCUT2D eigenvalue weighted by Crippen LogP contribution is 2.27. The molecule has 0 amide bonds. The summed E-state index contributed by atoms with van der Waals surface area (Å²) in [5.74, 6) is 0. The zero-order chi connectivity index (χ0) is 16.1. The number of nitrogens with zero attached hydrogens (tertiary/aromatic N) is 3. The molecule has 2 unspecified atom stereocenters. The largest absolute Gasteiger partial charge is 0.393 e. The number of likely N-dealkylation sites (tertiary alicyclic amines) is 1. The number of aromatic nitrogens is 1. The number of aliphatic hydroxyl groups excluding tert-OH is 1. The van der Waals surface area contributed by atoms with Crippen LogP contribution >= 0.6 is 0 Å². The van der Waals surface area contributed by atoms with Crippen LogP contribution in [0.1, 0.15) is 37.8 Å². The molecule has 3 rings (SSSR count).